The lowest BCUT2D eigenvalue weighted by Crippen LogP contribution is -2.10. The summed E-state index contributed by atoms with van der Waals surface area (Å²) in [5.74, 6) is 0.779. The summed E-state index contributed by atoms with van der Waals surface area (Å²) >= 11 is 1.28. The molecule has 0 saturated heterocycles. The van der Waals surface area contributed by atoms with E-state index < -0.39 is 0 Å². The Hall–Kier alpha value is -0.940. The third kappa shape index (κ3) is 3.08. The third-order valence-corrected chi connectivity index (χ3v) is 2.73. The summed E-state index contributed by atoms with van der Waals surface area (Å²) in [6.45, 7) is 6.60. The topological polar surface area (TPSA) is 23.8 Å². The van der Waals surface area contributed by atoms with Crippen LogP contribution in [0, 0.1) is 10.7 Å². The van der Waals surface area contributed by atoms with Crippen molar-refractivity contribution in [1.29, 1.82) is 5.26 Å². The second-order valence-corrected chi connectivity index (χ2v) is 5.09. The molecule has 0 N–H and O–H groups in total. The smallest absolute Gasteiger partial charge is 0.133 e. The number of hydrogen-bond donors (Lipinski definition) is 0. The van der Waals surface area contributed by atoms with E-state index in [0.717, 1.165) is 5.75 Å². The maximum absolute atomic E-state index is 8.42. The Morgan fingerprint density at radius 3 is 2.21 bits per heavy atom. The van der Waals surface area contributed by atoms with Crippen LogP contribution < -0.4 is 0 Å². The van der Waals surface area contributed by atoms with E-state index in [0.29, 0.717) is 0 Å². The molecule has 0 aliphatic heterocycles. The summed E-state index contributed by atoms with van der Waals surface area (Å²) in [5, 5.41) is 10.5. The molecule has 1 rings (SSSR count). The van der Waals surface area contributed by atoms with Crippen LogP contribution in [0.2, 0.25) is 0 Å². The molecular formula is C12H15NS. The van der Waals surface area contributed by atoms with Crippen LogP contribution >= 0.6 is 11.8 Å². The standard InChI is InChI=1S/C12H15NS/c1-12(2,3)11-6-4-10(5-7-11)8-14-9-13/h4-7H,8H2,1-3H3. The highest BCUT2D eigenvalue weighted by Gasteiger charge is 2.12. The average molecular weight is 205 g/mol. The van der Waals surface area contributed by atoms with Crippen molar-refractivity contribution >= 4 is 11.8 Å². The van der Waals surface area contributed by atoms with Crippen molar-refractivity contribution in [3.8, 4) is 5.40 Å². The predicted octanol–water partition coefficient (Wildman–Crippen LogP) is 3.70. The zero-order chi connectivity index (χ0) is 10.6. The van der Waals surface area contributed by atoms with Crippen molar-refractivity contribution in [1.82, 2.24) is 0 Å². The quantitative estimate of drug-likeness (QED) is 0.687. The molecule has 1 aromatic rings. The molecule has 0 heterocycles. The van der Waals surface area contributed by atoms with Crippen LogP contribution in [0.4, 0.5) is 0 Å². The summed E-state index contributed by atoms with van der Waals surface area (Å²) in [4.78, 5) is 0. The molecule has 14 heavy (non-hydrogen) atoms. The van der Waals surface area contributed by atoms with Crippen LogP contribution in [0.15, 0.2) is 24.3 Å². The van der Waals surface area contributed by atoms with Gasteiger partial charge in [-0.25, -0.2) is 0 Å². The number of thiocyanates is 1. The van der Waals surface area contributed by atoms with E-state index in [-0.39, 0.29) is 5.41 Å². The van der Waals surface area contributed by atoms with Gasteiger partial charge in [-0.1, -0.05) is 45.0 Å². The van der Waals surface area contributed by atoms with Crippen LogP contribution in [-0.2, 0) is 11.2 Å². The fourth-order valence-electron chi connectivity index (χ4n) is 1.22. The Morgan fingerprint density at radius 2 is 1.79 bits per heavy atom. The highest BCUT2D eigenvalue weighted by Crippen LogP contribution is 2.23. The summed E-state index contributed by atoms with van der Waals surface area (Å²) < 4.78 is 0. The van der Waals surface area contributed by atoms with Crippen LogP contribution in [0.1, 0.15) is 31.9 Å². The number of nitriles is 1. The molecule has 0 amide bonds. The Balaban J connectivity index is 2.75. The van der Waals surface area contributed by atoms with E-state index in [4.69, 9.17) is 5.26 Å². The maximum atomic E-state index is 8.42. The molecular weight excluding hydrogens is 190 g/mol. The fraction of sp³-hybridized carbons (Fsp3) is 0.417. The van der Waals surface area contributed by atoms with Crippen LogP contribution in [0.3, 0.4) is 0 Å². The molecule has 0 aliphatic carbocycles. The molecule has 0 atom stereocenters. The molecule has 2 heteroatoms. The van der Waals surface area contributed by atoms with Crippen molar-refractivity contribution in [2.45, 2.75) is 31.9 Å². The molecule has 0 spiro atoms. The molecule has 0 radical (unpaired) electrons. The average Bonchev–Trinajstić information content (AvgIpc) is 2.14. The monoisotopic (exact) mass is 205 g/mol. The Labute approximate surface area is 90.1 Å². The molecule has 0 bridgehead atoms. The van der Waals surface area contributed by atoms with Gasteiger partial charge < -0.3 is 0 Å². The van der Waals surface area contributed by atoms with Crippen LogP contribution in [0.5, 0.6) is 0 Å². The van der Waals surface area contributed by atoms with Gasteiger partial charge in [0, 0.05) is 5.75 Å². The molecule has 1 nitrogen and oxygen atoms in total. The second kappa shape index (κ2) is 4.52. The van der Waals surface area contributed by atoms with Crippen molar-refractivity contribution in [2.75, 3.05) is 0 Å². The van der Waals surface area contributed by atoms with E-state index in [1.165, 1.54) is 22.9 Å². The Morgan fingerprint density at radius 1 is 1.21 bits per heavy atom. The number of nitrogens with zero attached hydrogens (tertiary/aromatic N) is 1. The summed E-state index contributed by atoms with van der Waals surface area (Å²) in [7, 11) is 0. The van der Waals surface area contributed by atoms with Crippen LogP contribution in [0.25, 0.3) is 0 Å². The van der Waals surface area contributed by atoms with Crippen molar-refractivity contribution < 1.29 is 0 Å². The van der Waals surface area contributed by atoms with Crippen molar-refractivity contribution in [3.63, 3.8) is 0 Å². The van der Waals surface area contributed by atoms with Gasteiger partial charge in [0.2, 0.25) is 0 Å². The van der Waals surface area contributed by atoms with Gasteiger partial charge in [0.25, 0.3) is 0 Å². The third-order valence-electron chi connectivity index (χ3n) is 2.12. The first-order valence-electron chi connectivity index (χ1n) is 4.64. The van der Waals surface area contributed by atoms with Gasteiger partial charge in [-0.2, -0.15) is 5.26 Å². The van der Waals surface area contributed by atoms with E-state index in [2.05, 4.69) is 50.4 Å². The van der Waals surface area contributed by atoms with Crippen LogP contribution in [-0.4, -0.2) is 0 Å². The first-order chi connectivity index (χ1) is 6.54. The minimum absolute atomic E-state index is 0.209. The number of thioether (sulfide) groups is 1. The Kier molecular flexibility index (Phi) is 3.60. The van der Waals surface area contributed by atoms with Gasteiger partial charge in [-0.3, -0.25) is 0 Å². The van der Waals surface area contributed by atoms with Crippen molar-refractivity contribution in [2.24, 2.45) is 0 Å². The van der Waals surface area contributed by atoms with Gasteiger partial charge in [-0.05, 0) is 28.3 Å². The normalized spacial score (nSPS) is 11.0. The summed E-state index contributed by atoms with van der Waals surface area (Å²) in [5.41, 5.74) is 2.76. The minimum atomic E-state index is 0.209. The lowest BCUT2D eigenvalue weighted by Gasteiger charge is -2.18. The van der Waals surface area contributed by atoms with E-state index >= 15 is 0 Å². The maximum Gasteiger partial charge on any atom is 0.133 e. The first kappa shape index (κ1) is 11.1. The zero-order valence-electron chi connectivity index (χ0n) is 8.87. The van der Waals surface area contributed by atoms with E-state index in [1.54, 1.807) is 0 Å². The molecule has 1 aromatic carbocycles. The number of hydrogen-bond acceptors (Lipinski definition) is 2. The fourth-order valence-corrected chi connectivity index (χ4v) is 1.64. The SMILES string of the molecule is CC(C)(C)c1ccc(CSC#N)cc1. The van der Waals surface area contributed by atoms with E-state index in [1.807, 2.05) is 0 Å². The lowest BCUT2D eigenvalue weighted by molar-refractivity contribution is 0.590. The van der Waals surface area contributed by atoms with Gasteiger partial charge in [0.1, 0.15) is 5.40 Å². The Bertz CT molecular complexity index is 327. The molecule has 0 fully saturated rings. The number of benzene rings is 1. The van der Waals surface area contributed by atoms with Gasteiger partial charge >= 0.3 is 0 Å². The van der Waals surface area contributed by atoms with Crippen molar-refractivity contribution in [3.05, 3.63) is 35.4 Å². The highest BCUT2D eigenvalue weighted by molar-refractivity contribution is 8.02. The molecule has 0 aromatic heterocycles. The largest absolute Gasteiger partial charge is 0.185 e. The highest BCUT2D eigenvalue weighted by atomic mass is 32.2. The predicted molar refractivity (Wildman–Crippen MR) is 62.1 cm³/mol. The molecule has 0 unspecified atom stereocenters. The lowest BCUT2D eigenvalue weighted by atomic mass is 9.87. The molecule has 0 aliphatic rings. The van der Waals surface area contributed by atoms with Gasteiger partial charge in [-0.15, -0.1) is 0 Å². The molecule has 0 saturated carbocycles. The summed E-state index contributed by atoms with van der Waals surface area (Å²) in [6.07, 6.45) is 0. The second-order valence-electron chi connectivity index (χ2n) is 4.33. The summed E-state index contributed by atoms with van der Waals surface area (Å²) in [6, 6.07) is 8.50. The number of rotatable bonds is 2. The molecule has 74 valence electrons. The van der Waals surface area contributed by atoms with Gasteiger partial charge in [0.15, 0.2) is 0 Å². The zero-order valence-corrected chi connectivity index (χ0v) is 9.69. The van der Waals surface area contributed by atoms with E-state index in [9.17, 15) is 0 Å². The van der Waals surface area contributed by atoms with Gasteiger partial charge in [0.05, 0.1) is 0 Å². The first-order valence-corrected chi connectivity index (χ1v) is 5.63. The minimum Gasteiger partial charge on any atom is -0.185 e.